The molecule has 2 heterocycles. The van der Waals surface area contributed by atoms with Crippen molar-refractivity contribution in [1.82, 2.24) is 15.1 Å². The summed E-state index contributed by atoms with van der Waals surface area (Å²) in [4.78, 5) is 0. The van der Waals surface area contributed by atoms with E-state index < -0.39 is 0 Å². The van der Waals surface area contributed by atoms with Gasteiger partial charge < -0.3 is 9.73 Å². The number of rotatable bonds is 4. The molecule has 0 fully saturated rings. The van der Waals surface area contributed by atoms with Crippen LogP contribution in [0.25, 0.3) is 0 Å². The van der Waals surface area contributed by atoms with Gasteiger partial charge in [0.2, 0.25) is 0 Å². The van der Waals surface area contributed by atoms with E-state index in [9.17, 15) is 0 Å². The van der Waals surface area contributed by atoms with E-state index in [1.54, 1.807) is 6.20 Å². The highest BCUT2D eigenvalue weighted by Crippen LogP contribution is 2.05. The van der Waals surface area contributed by atoms with Gasteiger partial charge in [-0.3, -0.25) is 4.68 Å². The molecule has 0 aliphatic rings. The summed E-state index contributed by atoms with van der Waals surface area (Å²) in [5.41, 5.74) is 1.17. The molecular formula is C11H15N3O. The predicted molar refractivity (Wildman–Crippen MR) is 57.2 cm³/mol. The van der Waals surface area contributed by atoms with Crippen molar-refractivity contribution in [2.75, 3.05) is 0 Å². The van der Waals surface area contributed by atoms with E-state index in [1.807, 2.05) is 36.9 Å². The largest absolute Gasteiger partial charge is 0.465 e. The monoisotopic (exact) mass is 205 g/mol. The summed E-state index contributed by atoms with van der Waals surface area (Å²) < 4.78 is 7.31. The highest BCUT2D eigenvalue weighted by molar-refractivity contribution is 5.05. The van der Waals surface area contributed by atoms with Crippen molar-refractivity contribution in [2.45, 2.75) is 20.0 Å². The van der Waals surface area contributed by atoms with Gasteiger partial charge in [-0.2, -0.15) is 5.10 Å². The molecule has 0 atom stereocenters. The quantitative estimate of drug-likeness (QED) is 0.824. The summed E-state index contributed by atoms with van der Waals surface area (Å²) in [6.45, 7) is 3.50. The maximum Gasteiger partial charge on any atom is 0.117 e. The molecule has 0 unspecified atom stereocenters. The second kappa shape index (κ2) is 4.31. The Hall–Kier alpha value is -1.55. The van der Waals surface area contributed by atoms with Gasteiger partial charge >= 0.3 is 0 Å². The molecule has 0 bridgehead atoms. The molecule has 0 radical (unpaired) electrons. The highest BCUT2D eigenvalue weighted by Gasteiger charge is 2.00. The molecule has 80 valence electrons. The van der Waals surface area contributed by atoms with Crippen molar-refractivity contribution in [1.29, 1.82) is 0 Å². The molecule has 0 saturated carbocycles. The molecule has 2 aromatic rings. The number of aryl methyl sites for hydroxylation is 2. The second-order valence-electron chi connectivity index (χ2n) is 3.56. The zero-order valence-corrected chi connectivity index (χ0v) is 9.03. The summed E-state index contributed by atoms with van der Waals surface area (Å²) in [5, 5.41) is 7.40. The highest BCUT2D eigenvalue weighted by atomic mass is 16.3. The SMILES string of the molecule is Cc1ccc(CNCc2ccnn2C)o1. The molecule has 0 saturated heterocycles. The van der Waals surface area contributed by atoms with Crippen LogP contribution in [0, 0.1) is 6.92 Å². The van der Waals surface area contributed by atoms with E-state index in [0.717, 1.165) is 24.6 Å². The fourth-order valence-corrected chi connectivity index (χ4v) is 1.47. The van der Waals surface area contributed by atoms with Gasteiger partial charge in [-0.15, -0.1) is 0 Å². The van der Waals surface area contributed by atoms with Crippen molar-refractivity contribution < 1.29 is 4.42 Å². The van der Waals surface area contributed by atoms with Gasteiger partial charge in [-0.05, 0) is 25.1 Å². The van der Waals surface area contributed by atoms with Crippen molar-refractivity contribution >= 4 is 0 Å². The summed E-state index contributed by atoms with van der Waals surface area (Å²) in [6, 6.07) is 5.97. The zero-order valence-electron chi connectivity index (χ0n) is 9.03. The Bertz CT molecular complexity index is 430. The number of aromatic nitrogens is 2. The minimum absolute atomic E-state index is 0.749. The van der Waals surface area contributed by atoms with Crippen molar-refractivity contribution in [3.8, 4) is 0 Å². The molecule has 2 rings (SSSR count). The third-order valence-corrected chi connectivity index (χ3v) is 2.32. The molecule has 0 aromatic carbocycles. The van der Waals surface area contributed by atoms with Crippen LogP contribution in [-0.4, -0.2) is 9.78 Å². The lowest BCUT2D eigenvalue weighted by atomic mass is 10.4. The minimum atomic E-state index is 0.749. The average molecular weight is 205 g/mol. The molecule has 0 amide bonds. The second-order valence-corrected chi connectivity index (χ2v) is 3.56. The lowest BCUT2D eigenvalue weighted by Crippen LogP contribution is -2.14. The summed E-state index contributed by atoms with van der Waals surface area (Å²) in [5.74, 6) is 1.92. The van der Waals surface area contributed by atoms with Crippen LogP contribution in [-0.2, 0) is 20.1 Å². The average Bonchev–Trinajstić information content (AvgIpc) is 2.77. The van der Waals surface area contributed by atoms with Crippen LogP contribution in [0.2, 0.25) is 0 Å². The Balaban J connectivity index is 1.83. The summed E-state index contributed by atoms with van der Waals surface area (Å²) >= 11 is 0. The predicted octanol–water partition coefficient (Wildman–Crippen LogP) is 1.61. The number of nitrogens with zero attached hydrogens (tertiary/aromatic N) is 2. The first-order valence-corrected chi connectivity index (χ1v) is 4.98. The third kappa shape index (κ3) is 2.47. The molecule has 4 nitrogen and oxygen atoms in total. The first-order chi connectivity index (χ1) is 7.25. The molecule has 0 aliphatic carbocycles. The van der Waals surface area contributed by atoms with E-state index in [4.69, 9.17) is 4.42 Å². The molecular weight excluding hydrogens is 190 g/mol. The van der Waals surface area contributed by atoms with Crippen LogP contribution < -0.4 is 5.32 Å². The van der Waals surface area contributed by atoms with Crippen molar-refractivity contribution in [2.24, 2.45) is 7.05 Å². The van der Waals surface area contributed by atoms with Gasteiger partial charge in [0.1, 0.15) is 11.5 Å². The number of furan rings is 1. The van der Waals surface area contributed by atoms with Gasteiger partial charge in [-0.25, -0.2) is 0 Å². The van der Waals surface area contributed by atoms with Crippen LogP contribution in [0.1, 0.15) is 17.2 Å². The summed E-state index contributed by atoms with van der Waals surface area (Å²) in [6.07, 6.45) is 1.80. The standard InChI is InChI=1S/C11H15N3O/c1-9-3-4-11(15-9)8-12-7-10-5-6-13-14(10)2/h3-6,12H,7-8H2,1-2H3. The zero-order chi connectivity index (χ0) is 10.7. The Morgan fingerprint density at radius 2 is 2.20 bits per heavy atom. The smallest absolute Gasteiger partial charge is 0.117 e. The maximum absolute atomic E-state index is 5.45. The molecule has 1 N–H and O–H groups in total. The van der Waals surface area contributed by atoms with Crippen LogP contribution in [0.5, 0.6) is 0 Å². The van der Waals surface area contributed by atoms with Gasteiger partial charge in [0.05, 0.1) is 12.2 Å². The normalized spacial score (nSPS) is 10.8. The first-order valence-electron chi connectivity index (χ1n) is 4.98. The number of nitrogens with one attached hydrogen (secondary N) is 1. The van der Waals surface area contributed by atoms with E-state index >= 15 is 0 Å². The first kappa shape index (κ1) is 9.98. The van der Waals surface area contributed by atoms with Crippen molar-refractivity contribution in [3.63, 3.8) is 0 Å². The van der Waals surface area contributed by atoms with Gasteiger partial charge in [0.15, 0.2) is 0 Å². The minimum Gasteiger partial charge on any atom is -0.465 e. The lowest BCUT2D eigenvalue weighted by Gasteiger charge is -2.02. The Labute approximate surface area is 88.9 Å². The Kier molecular flexibility index (Phi) is 2.87. The maximum atomic E-state index is 5.45. The van der Waals surface area contributed by atoms with Crippen LogP contribution >= 0.6 is 0 Å². The van der Waals surface area contributed by atoms with Gasteiger partial charge in [-0.1, -0.05) is 0 Å². The van der Waals surface area contributed by atoms with Crippen LogP contribution in [0.4, 0.5) is 0 Å². The van der Waals surface area contributed by atoms with Crippen LogP contribution in [0.3, 0.4) is 0 Å². The van der Waals surface area contributed by atoms with E-state index in [1.165, 1.54) is 5.69 Å². The van der Waals surface area contributed by atoms with Gasteiger partial charge in [0, 0.05) is 19.8 Å². The fourth-order valence-electron chi connectivity index (χ4n) is 1.47. The topological polar surface area (TPSA) is 43.0 Å². The third-order valence-electron chi connectivity index (χ3n) is 2.32. The van der Waals surface area contributed by atoms with Crippen molar-refractivity contribution in [3.05, 3.63) is 41.6 Å². The van der Waals surface area contributed by atoms with E-state index in [0.29, 0.717) is 0 Å². The molecule has 4 heteroatoms. The molecule has 2 aromatic heterocycles. The summed E-state index contributed by atoms with van der Waals surface area (Å²) in [7, 11) is 1.94. The van der Waals surface area contributed by atoms with E-state index in [2.05, 4.69) is 10.4 Å². The number of hydrogen-bond donors (Lipinski definition) is 1. The van der Waals surface area contributed by atoms with Gasteiger partial charge in [0.25, 0.3) is 0 Å². The molecule has 0 aliphatic heterocycles. The van der Waals surface area contributed by atoms with E-state index in [-0.39, 0.29) is 0 Å². The Morgan fingerprint density at radius 1 is 1.33 bits per heavy atom. The lowest BCUT2D eigenvalue weighted by molar-refractivity contribution is 0.459. The molecule has 0 spiro atoms. The molecule has 15 heavy (non-hydrogen) atoms. The fraction of sp³-hybridized carbons (Fsp3) is 0.364. The Morgan fingerprint density at radius 3 is 2.80 bits per heavy atom. The number of hydrogen-bond acceptors (Lipinski definition) is 3. The van der Waals surface area contributed by atoms with Crippen LogP contribution in [0.15, 0.2) is 28.8 Å².